The van der Waals surface area contributed by atoms with Gasteiger partial charge in [0.15, 0.2) is 11.5 Å². The molecular formula is C24H23BrCl2N2O3. The highest BCUT2D eigenvalue weighted by Crippen LogP contribution is 2.37. The summed E-state index contributed by atoms with van der Waals surface area (Å²) in [6.45, 7) is 3.24. The molecule has 0 spiro atoms. The lowest BCUT2D eigenvalue weighted by atomic mass is 10.2. The van der Waals surface area contributed by atoms with Crippen molar-refractivity contribution in [2.45, 2.75) is 20.1 Å². The van der Waals surface area contributed by atoms with Crippen LogP contribution in [0, 0.1) is 0 Å². The molecule has 1 N–H and O–H groups in total. The van der Waals surface area contributed by atoms with Crippen molar-refractivity contribution in [1.82, 2.24) is 5.43 Å². The average Bonchev–Trinajstić information content (AvgIpc) is 2.78. The number of hydrogen-bond donors (Lipinski definition) is 1. The Hall–Kier alpha value is -2.41. The van der Waals surface area contributed by atoms with Crippen molar-refractivity contribution in [3.63, 3.8) is 0 Å². The number of benzene rings is 3. The van der Waals surface area contributed by atoms with E-state index in [0.29, 0.717) is 34.7 Å². The highest BCUT2D eigenvalue weighted by atomic mass is 79.9. The summed E-state index contributed by atoms with van der Waals surface area (Å²) in [5, 5.41) is 5.45. The lowest BCUT2D eigenvalue weighted by molar-refractivity contribution is 0.267. The summed E-state index contributed by atoms with van der Waals surface area (Å²) >= 11 is 15.8. The van der Waals surface area contributed by atoms with Crippen molar-refractivity contribution in [3.05, 3.63) is 85.8 Å². The van der Waals surface area contributed by atoms with Gasteiger partial charge >= 0.3 is 0 Å². The third kappa shape index (κ3) is 6.55. The van der Waals surface area contributed by atoms with Gasteiger partial charge < -0.3 is 19.6 Å². The van der Waals surface area contributed by atoms with Gasteiger partial charge in [-0.1, -0.05) is 47.5 Å². The van der Waals surface area contributed by atoms with Crippen LogP contribution in [-0.2, 0) is 13.2 Å². The van der Waals surface area contributed by atoms with Crippen molar-refractivity contribution in [2.24, 2.45) is 5.10 Å². The number of nitrogens with one attached hydrogen (secondary N) is 1. The molecule has 0 amide bonds. The summed E-state index contributed by atoms with van der Waals surface area (Å²) in [5.41, 5.74) is 5.75. The third-order valence-electron chi connectivity index (χ3n) is 4.49. The first-order chi connectivity index (χ1) is 15.5. The molecule has 3 rings (SSSR count). The Bertz CT molecular complexity index is 1090. The summed E-state index contributed by atoms with van der Waals surface area (Å²) in [6, 6.07) is 16.9. The van der Waals surface area contributed by atoms with Gasteiger partial charge in [0.05, 0.1) is 30.9 Å². The largest absolute Gasteiger partial charge is 0.496 e. The molecule has 3 aromatic carbocycles. The molecule has 168 valence electrons. The predicted molar refractivity (Wildman–Crippen MR) is 134 cm³/mol. The second-order valence-electron chi connectivity index (χ2n) is 6.69. The van der Waals surface area contributed by atoms with E-state index in [1.165, 1.54) is 0 Å². The van der Waals surface area contributed by atoms with Gasteiger partial charge in [-0.3, -0.25) is 0 Å². The number of hydrogen-bond acceptors (Lipinski definition) is 5. The number of halogens is 3. The van der Waals surface area contributed by atoms with Crippen LogP contribution in [0.3, 0.4) is 0 Å². The molecule has 5 nitrogen and oxygen atoms in total. The highest BCUT2D eigenvalue weighted by Gasteiger charge is 2.13. The number of methoxy groups -OCH3 is 1. The van der Waals surface area contributed by atoms with E-state index in [-0.39, 0.29) is 6.61 Å². The maximum atomic E-state index is 6.26. The van der Waals surface area contributed by atoms with E-state index in [2.05, 4.69) is 26.5 Å². The van der Waals surface area contributed by atoms with Crippen LogP contribution >= 0.6 is 39.1 Å². The molecule has 0 aliphatic heterocycles. The van der Waals surface area contributed by atoms with Crippen LogP contribution in [0.15, 0.2) is 64.2 Å². The second-order valence-corrected chi connectivity index (χ2v) is 8.39. The van der Waals surface area contributed by atoms with Gasteiger partial charge in [0.25, 0.3) is 0 Å². The van der Waals surface area contributed by atoms with Crippen LogP contribution in [0.1, 0.15) is 23.6 Å². The van der Waals surface area contributed by atoms with E-state index in [0.717, 1.165) is 26.9 Å². The zero-order valence-electron chi connectivity index (χ0n) is 17.7. The van der Waals surface area contributed by atoms with Crippen molar-refractivity contribution >= 4 is 45.3 Å². The van der Waals surface area contributed by atoms with E-state index in [1.54, 1.807) is 25.5 Å². The standard InChI is InChI=1S/C24H23BrCl2N2O3/c1-3-31-23-11-16(13-28-29-14-17-6-4-5-7-22(17)30-2)10-20(25)24(23)32-15-18-8-9-19(26)12-21(18)27/h4-13,29H,3,14-15H2,1-2H3/b28-13+. The van der Waals surface area contributed by atoms with Gasteiger partial charge in [0, 0.05) is 21.2 Å². The second kappa shape index (κ2) is 12.0. The molecule has 0 aliphatic rings. The maximum absolute atomic E-state index is 6.26. The zero-order valence-corrected chi connectivity index (χ0v) is 20.8. The van der Waals surface area contributed by atoms with Crippen molar-refractivity contribution in [2.75, 3.05) is 13.7 Å². The lowest BCUT2D eigenvalue weighted by Gasteiger charge is -2.15. The molecule has 0 fully saturated rings. The molecule has 8 heteroatoms. The molecule has 0 unspecified atom stereocenters. The van der Waals surface area contributed by atoms with Gasteiger partial charge in [0.2, 0.25) is 0 Å². The van der Waals surface area contributed by atoms with Crippen LogP contribution in [0.4, 0.5) is 0 Å². The first-order valence-electron chi connectivity index (χ1n) is 9.92. The lowest BCUT2D eigenvalue weighted by Crippen LogP contribution is -2.07. The molecule has 0 aliphatic carbocycles. The van der Waals surface area contributed by atoms with Gasteiger partial charge in [-0.15, -0.1) is 0 Å². The minimum absolute atomic E-state index is 0.280. The van der Waals surface area contributed by atoms with Gasteiger partial charge in [-0.05, 0) is 58.7 Å². The van der Waals surface area contributed by atoms with E-state index in [9.17, 15) is 0 Å². The SMILES string of the molecule is CCOc1cc(/C=N/NCc2ccccc2OC)cc(Br)c1OCc1ccc(Cl)cc1Cl. The molecule has 0 bridgehead atoms. The summed E-state index contributed by atoms with van der Waals surface area (Å²) < 4.78 is 17.9. The maximum Gasteiger partial charge on any atom is 0.175 e. The summed E-state index contributed by atoms with van der Waals surface area (Å²) in [5.74, 6) is 2.02. The van der Waals surface area contributed by atoms with E-state index in [4.69, 9.17) is 37.4 Å². The number of para-hydroxylation sites is 1. The summed E-state index contributed by atoms with van der Waals surface area (Å²) in [4.78, 5) is 0. The van der Waals surface area contributed by atoms with Gasteiger partial charge in [0.1, 0.15) is 12.4 Å². The first kappa shape index (κ1) is 24.2. The molecule has 0 heterocycles. The average molecular weight is 538 g/mol. The zero-order chi connectivity index (χ0) is 22.9. The molecule has 0 atom stereocenters. The van der Waals surface area contributed by atoms with Crippen LogP contribution in [-0.4, -0.2) is 19.9 Å². The molecular weight excluding hydrogens is 515 g/mol. The Morgan fingerprint density at radius 3 is 2.56 bits per heavy atom. The Labute approximate surface area is 206 Å². The van der Waals surface area contributed by atoms with Crippen LogP contribution in [0.5, 0.6) is 17.2 Å². The number of hydrazone groups is 1. The fourth-order valence-electron chi connectivity index (χ4n) is 2.95. The third-order valence-corrected chi connectivity index (χ3v) is 5.66. The van der Waals surface area contributed by atoms with Gasteiger partial charge in [-0.2, -0.15) is 5.10 Å². The molecule has 3 aromatic rings. The Morgan fingerprint density at radius 2 is 1.81 bits per heavy atom. The highest BCUT2D eigenvalue weighted by molar-refractivity contribution is 9.10. The number of ether oxygens (including phenoxy) is 3. The summed E-state index contributed by atoms with van der Waals surface area (Å²) in [7, 11) is 1.65. The minimum Gasteiger partial charge on any atom is -0.496 e. The van der Waals surface area contributed by atoms with E-state index >= 15 is 0 Å². The number of nitrogens with zero attached hydrogens (tertiary/aromatic N) is 1. The molecule has 0 aromatic heterocycles. The van der Waals surface area contributed by atoms with Crippen molar-refractivity contribution in [1.29, 1.82) is 0 Å². The van der Waals surface area contributed by atoms with Crippen molar-refractivity contribution < 1.29 is 14.2 Å². The Balaban J connectivity index is 1.70. The van der Waals surface area contributed by atoms with Crippen LogP contribution < -0.4 is 19.6 Å². The van der Waals surface area contributed by atoms with Crippen LogP contribution in [0.2, 0.25) is 10.0 Å². The van der Waals surface area contributed by atoms with E-state index in [1.807, 2.05) is 49.4 Å². The summed E-state index contributed by atoms with van der Waals surface area (Å²) in [6.07, 6.45) is 1.72. The predicted octanol–water partition coefficient (Wildman–Crippen LogP) is 6.87. The molecule has 32 heavy (non-hydrogen) atoms. The van der Waals surface area contributed by atoms with Gasteiger partial charge in [-0.25, -0.2) is 0 Å². The number of rotatable bonds is 10. The normalized spacial score (nSPS) is 10.9. The fourth-order valence-corrected chi connectivity index (χ4v) is 3.99. The molecule has 0 saturated heterocycles. The van der Waals surface area contributed by atoms with Crippen molar-refractivity contribution in [3.8, 4) is 17.2 Å². The molecule has 0 saturated carbocycles. The van der Waals surface area contributed by atoms with E-state index < -0.39 is 0 Å². The Morgan fingerprint density at radius 1 is 1.00 bits per heavy atom. The smallest absolute Gasteiger partial charge is 0.175 e. The fraction of sp³-hybridized carbons (Fsp3) is 0.208. The quantitative estimate of drug-likeness (QED) is 0.226. The first-order valence-corrected chi connectivity index (χ1v) is 11.5. The molecule has 0 radical (unpaired) electrons. The monoisotopic (exact) mass is 536 g/mol. The van der Waals surface area contributed by atoms with Crippen LogP contribution in [0.25, 0.3) is 0 Å². The topological polar surface area (TPSA) is 52.1 Å². The Kier molecular flexibility index (Phi) is 9.09. The minimum atomic E-state index is 0.280.